The first-order valence-electron chi connectivity index (χ1n) is 14.4. The number of anilines is 1. The van der Waals surface area contributed by atoms with Crippen LogP contribution in [0.3, 0.4) is 0 Å². The summed E-state index contributed by atoms with van der Waals surface area (Å²) < 4.78 is 65.2. The third kappa shape index (κ3) is 12.3. The lowest BCUT2D eigenvalue weighted by atomic mass is 9.82. The van der Waals surface area contributed by atoms with E-state index in [1.807, 2.05) is 37.3 Å². The maximum absolute atomic E-state index is 13.0. The number of hydrogen-bond donors (Lipinski definition) is 6. The van der Waals surface area contributed by atoms with Crippen molar-refractivity contribution in [3.63, 3.8) is 0 Å². The van der Waals surface area contributed by atoms with Crippen LogP contribution in [-0.2, 0) is 29.5 Å². The molecule has 48 heavy (non-hydrogen) atoms. The molecule has 7 N–H and O–H groups in total. The summed E-state index contributed by atoms with van der Waals surface area (Å²) in [4.78, 5) is 60.2. The van der Waals surface area contributed by atoms with Gasteiger partial charge in [0.25, 0.3) is 0 Å². The second kappa shape index (κ2) is 17.6. The average Bonchev–Trinajstić information content (AvgIpc) is 3.69. The number of nitrogens with one attached hydrogen (secondary N) is 3. The van der Waals surface area contributed by atoms with Crippen LogP contribution in [0.15, 0.2) is 42.9 Å². The van der Waals surface area contributed by atoms with E-state index in [2.05, 4.69) is 20.9 Å². The van der Waals surface area contributed by atoms with E-state index in [1.165, 1.54) is 0 Å². The molecule has 0 saturated carbocycles. The van der Waals surface area contributed by atoms with Crippen molar-refractivity contribution in [2.45, 2.75) is 88.4 Å². The van der Waals surface area contributed by atoms with Crippen LogP contribution in [0.2, 0.25) is 0 Å². The Labute approximate surface area is 271 Å². The van der Waals surface area contributed by atoms with E-state index in [-0.39, 0.29) is 11.9 Å². The van der Waals surface area contributed by atoms with Gasteiger partial charge in [-0.1, -0.05) is 50.1 Å². The summed E-state index contributed by atoms with van der Waals surface area (Å²) in [5.74, 6) is -5.97. The number of nitrogens with zero attached hydrogens (tertiary/aromatic N) is 2. The molecule has 1 aliphatic heterocycles. The molecule has 3 rings (SSSR count). The van der Waals surface area contributed by atoms with Gasteiger partial charge >= 0.3 is 24.3 Å². The first-order valence-corrected chi connectivity index (χ1v) is 14.4. The van der Waals surface area contributed by atoms with Gasteiger partial charge < -0.3 is 41.3 Å². The van der Waals surface area contributed by atoms with Gasteiger partial charge in [0.15, 0.2) is 12.1 Å². The molecule has 1 aliphatic rings. The van der Waals surface area contributed by atoms with Gasteiger partial charge in [0.05, 0.1) is 11.9 Å². The number of imidazole rings is 1. The number of unbranched alkanes of at least 4 members (excludes halogenated alkanes) is 1. The molecule has 2 amide bonds. The molecule has 0 bridgehead atoms. The van der Waals surface area contributed by atoms with E-state index < -0.39 is 47.3 Å². The lowest BCUT2D eigenvalue weighted by Crippen LogP contribution is -2.54. The number of halogens is 6. The highest BCUT2D eigenvalue weighted by Gasteiger charge is 2.44. The summed E-state index contributed by atoms with van der Waals surface area (Å²) >= 11 is 0. The van der Waals surface area contributed by atoms with Crippen molar-refractivity contribution in [1.29, 1.82) is 0 Å². The van der Waals surface area contributed by atoms with Gasteiger partial charge in [-0.3, -0.25) is 9.59 Å². The smallest absolute Gasteiger partial charge is 0.475 e. The van der Waals surface area contributed by atoms with Crippen molar-refractivity contribution >= 4 is 35.9 Å². The molecule has 19 heteroatoms. The molecule has 3 atom stereocenters. The van der Waals surface area contributed by atoms with Crippen LogP contribution < -0.4 is 21.7 Å². The number of carbonyl (C=O) groups excluding carboxylic acids is 3. The molecule has 0 aliphatic carbocycles. The largest absolute Gasteiger partial charge is 0.490 e. The van der Waals surface area contributed by atoms with E-state index in [4.69, 9.17) is 25.5 Å². The Morgan fingerprint density at radius 3 is 2.02 bits per heavy atom. The van der Waals surface area contributed by atoms with Crippen LogP contribution in [0.25, 0.3) is 0 Å². The summed E-state index contributed by atoms with van der Waals surface area (Å²) in [5, 5.41) is 23.3. The predicted molar refractivity (Wildman–Crippen MR) is 159 cm³/mol. The maximum atomic E-state index is 13.0. The molecule has 0 spiro atoms. The number of aliphatic carboxylic acids is 2. The fourth-order valence-electron chi connectivity index (χ4n) is 4.33. The summed E-state index contributed by atoms with van der Waals surface area (Å²) in [6.45, 7) is 6.05. The first kappa shape index (κ1) is 41.5. The quantitative estimate of drug-likeness (QED) is 0.150. The number of aldehydes is 1. The average molecular weight is 697 g/mol. The molecule has 1 saturated heterocycles. The standard InChI is InChI=1S/C25H36N6O3.2C2HF3O2/c1-4-5-12-19(29-23(34)24(2,3)26)22(33)30-21-15-31(17-28-21)25(16-32,20-13-9-14-27-20)18-10-7-6-8-11-18;2*3-2(4,5)1(6)7/h6-8,10-11,15-17,19-20,27H,4-5,9,12-14,26H2,1-3H3,(H,29,34)(H,30,33);2*(H,6,7)/t19-,20?,25?;;/m1../s1. The summed E-state index contributed by atoms with van der Waals surface area (Å²) in [7, 11) is 0. The van der Waals surface area contributed by atoms with Crippen LogP contribution in [-0.4, -0.2) is 86.3 Å². The van der Waals surface area contributed by atoms with Gasteiger partial charge in [0, 0.05) is 12.2 Å². The van der Waals surface area contributed by atoms with Gasteiger partial charge in [-0.15, -0.1) is 0 Å². The number of alkyl halides is 6. The highest BCUT2D eigenvalue weighted by atomic mass is 19.4. The van der Waals surface area contributed by atoms with Crippen molar-refractivity contribution in [2.24, 2.45) is 5.73 Å². The molecule has 2 aromatic rings. The highest BCUT2D eigenvalue weighted by Crippen LogP contribution is 2.33. The minimum absolute atomic E-state index is 0.103. The van der Waals surface area contributed by atoms with E-state index >= 15 is 0 Å². The summed E-state index contributed by atoms with van der Waals surface area (Å²) in [6, 6.07) is 8.74. The molecule has 268 valence electrons. The topological polar surface area (TPSA) is 206 Å². The summed E-state index contributed by atoms with van der Waals surface area (Å²) in [5.41, 5.74) is 4.65. The molecular weight excluding hydrogens is 658 g/mol. The van der Waals surface area contributed by atoms with E-state index in [0.717, 1.165) is 44.1 Å². The highest BCUT2D eigenvalue weighted by molar-refractivity contribution is 5.97. The number of benzene rings is 1. The molecule has 0 radical (unpaired) electrons. The van der Waals surface area contributed by atoms with Gasteiger partial charge in [-0.2, -0.15) is 26.3 Å². The Hall–Kier alpha value is -4.52. The normalized spacial score (nSPS) is 16.5. The Bertz CT molecular complexity index is 1350. The fourth-order valence-corrected chi connectivity index (χ4v) is 4.33. The zero-order valence-electron chi connectivity index (χ0n) is 26.2. The summed E-state index contributed by atoms with van der Waals surface area (Å²) in [6.07, 6.45) is -2.02. The van der Waals surface area contributed by atoms with Crippen LogP contribution in [0.4, 0.5) is 32.2 Å². The molecule has 1 fully saturated rings. The molecular formula is C29H38F6N6O7. The second-order valence-electron chi connectivity index (χ2n) is 11.1. The molecule has 1 aromatic heterocycles. The Kier molecular flexibility index (Phi) is 15.2. The van der Waals surface area contributed by atoms with Crippen LogP contribution >= 0.6 is 0 Å². The Morgan fingerprint density at radius 2 is 1.60 bits per heavy atom. The van der Waals surface area contributed by atoms with Crippen molar-refractivity contribution in [3.8, 4) is 0 Å². The molecule has 2 unspecified atom stereocenters. The Morgan fingerprint density at radius 1 is 1.06 bits per heavy atom. The minimum atomic E-state index is -5.08. The number of carboxylic acids is 2. The van der Waals surface area contributed by atoms with Crippen molar-refractivity contribution < 1.29 is 60.5 Å². The monoisotopic (exact) mass is 696 g/mol. The van der Waals surface area contributed by atoms with Crippen LogP contribution in [0, 0.1) is 0 Å². The lowest BCUT2D eigenvalue weighted by molar-refractivity contribution is -0.193. The maximum Gasteiger partial charge on any atom is 0.490 e. The number of carbonyl (C=O) groups is 5. The van der Waals surface area contributed by atoms with Gasteiger partial charge in [0.1, 0.15) is 11.6 Å². The SMILES string of the molecule is CCCC[C@@H](NC(=O)C(C)(C)N)C(=O)Nc1cn(C(C=O)(c2ccccc2)C2CCCN2)cn1.O=C(O)C(F)(F)F.O=C(O)C(F)(F)F. The van der Waals surface area contributed by atoms with Crippen LogP contribution in [0.5, 0.6) is 0 Å². The zero-order chi connectivity index (χ0) is 36.9. The number of nitrogens with two attached hydrogens (primary N) is 1. The van der Waals surface area contributed by atoms with Crippen molar-refractivity contribution in [2.75, 3.05) is 11.9 Å². The van der Waals surface area contributed by atoms with E-state index in [0.29, 0.717) is 12.2 Å². The molecule has 1 aromatic carbocycles. The van der Waals surface area contributed by atoms with Gasteiger partial charge in [-0.05, 0) is 45.2 Å². The van der Waals surface area contributed by atoms with Crippen molar-refractivity contribution in [3.05, 3.63) is 48.4 Å². The van der Waals surface area contributed by atoms with Gasteiger partial charge in [-0.25, -0.2) is 14.6 Å². The van der Waals surface area contributed by atoms with Crippen molar-refractivity contribution in [1.82, 2.24) is 20.2 Å². The third-order valence-electron chi connectivity index (χ3n) is 6.81. The lowest BCUT2D eigenvalue weighted by Gasteiger charge is -2.36. The minimum Gasteiger partial charge on any atom is -0.475 e. The Balaban J connectivity index is 0.000000687. The fraction of sp³-hybridized carbons (Fsp3) is 0.517. The zero-order valence-corrected chi connectivity index (χ0v) is 26.2. The first-order chi connectivity index (χ1) is 22.1. The number of amides is 2. The van der Waals surface area contributed by atoms with Crippen LogP contribution in [0.1, 0.15) is 58.4 Å². The third-order valence-corrected chi connectivity index (χ3v) is 6.81. The molecule has 13 nitrogen and oxygen atoms in total. The number of rotatable bonds is 11. The van der Waals surface area contributed by atoms with E-state index in [1.54, 1.807) is 30.9 Å². The number of carboxylic acid groups (broad SMARTS) is 2. The molecule has 2 heterocycles. The number of aromatic nitrogens is 2. The van der Waals surface area contributed by atoms with E-state index in [9.17, 15) is 40.7 Å². The second-order valence-corrected chi connectivity index (χ2v) is 11.1. The van der Waals surface area contributed by atoms with Gasteiger partial charge in [0.2, 0.25) is 11.8 Å². The number of hydrogen-bond acceptors (Lipinski definition) is 8. The predicted octanol–water partition coefficient (Wildman–Crippen LogP) is 3.20.